The van der Waals surface area contributed by atoms with Gasteiger partial charge in [-0.3, -0.25) is 5.32 Å². The monoisotopic (exact) mass is 267 g/mol. The minimum Gasteiger partial charge on any atom is -0.367 e. The fraction of sp³-hybridized carbons (Fsp3) is 0.750. The average molecular weight is 267 g/mol. The van der Waals surface area contributed by atoms with Crippen molar-refractivity contribution >= 4 is 12.0 Å². The van der Waals surface area contributed by atoms with Crippen molar-refractivity contribution < 1.29 is 9.53 Å². The molecule has 1 aliphatic rings. The zero-order valence-corrected chi connectivity index (χ0v) is 12.0. The molecule has 0 unspecified atom stereocenters. The molecule has 2 rings (SSSR count). The number of carbonyl (C=O) groups is 1. The average Bonchev–Trinajstić information content (AvgIpc) is 2.69. The summed E-state index contributed by atoms with van der Waals surface area (Å²) in [4.78, 5) is 15.9. The van der Waals surface area contributed by atoms with Crippen LogP contribution in [0.25, 0.3) is 0 Å². The lowest BCUT2D eigenvalue weighted by Gasteiger charge is -2.27. The largest absolute Gasteiger partial charge is 0.367 e. The van der Waals surface area contributed by atoms with Crippen LogP contribution in [0.1, 0.15) is 34.1 Å². The van der Waals surface area contributed by atoms with Crippen molar-refractivity contribution in [3.05, 3.63) is 6.33 Å². The Kier molecular flexibility index (Phi) is 3.25. The second-order valence-corrected chi connectivity index (χ2v) is 6.03. The summed E-state index contributed by atoms with van der Waals surface area (Å²) in [5.41, 5.74) is -0.618. The van der Waals surface area contributed by atoms with Crippen LogP contribution in [-0.2, 0) is 11.8 Å². The molecule has 2 N–H and O–H groups in total. The highest BCUT2D eigenvalue weighted by atomic mass is 16.5. The topological polar surface area (TPSA) is 81.1 Å². The van der Waals surface area contributed by atoms with Gasteiger partial charge in [-0.2, -0.15) is 10.1 Å². The van der Waals surface area contributed by atoms with Gasteiger partial charge in [0, 0.05) is 7.05 Å². The molecular weight excluding hydrogens is 246 g/mol. The van der Waals surface area contributed by atoms with Crippen LogP contribution in [0.3, 0.4) is 0 Å². The molecule has 0 bridgehead atoms. The quantitative estimate of drug-likeness (QED) is 0.846. The molecule has 1 aliphatic heterocycles. The molecule has 106 valence electrons. The first-order chi connectivity index (χ1) is 8.70. The Hall–Kier alpha value is -1.63. The van der Waals surface area contributed by atoms with Crippen molar-refractivity contribution in [2.75, 3.05) is 5.32 Å². The molecule has 2 amide bonds. The Morgan fingerprint density at radius 1 is 1.47 bits per heavy atom. The minimum absolute atomic E-state index is 0.0456. The van der Waals surface area contributed by atoms with Crippen molar-refractivity contribution in [1.29, 1.82) is 0 Å². The molecule has 1 fully saturated rings. The Balaban J connectivity index is 1.98. The van der Waals surface area contributed by atoms with Gasteiger partial charge >= 0.3 is 6.03 Å². The highest BCUT2D eigenvalue weighted by Crippen LogP contribution is 2.37. The van der Waals surface area contributed by atoms with E-state index in [9.17, 15) is 4.79 Å². The highest BCUT2D eigenvalue weighted by molar-refractivity contribution is 5.87. The van der Waals surface area contributed by atoms with Gasteiger partial charge in [0.1, 0.15) is 6.33 Å². The van der Waals surface area contributed by atoms with E-state index in [1.165, 1.54) is 11.0 Å². The summed E-state index contributed by atoms with van der Waals surface area (Å²) >= 11 is 0. The summed E-state index contributed by atoms with van der Waals surface area (Å²) in [6, 6.07) is -0.341. The second kappa shape index (κ2) is 4.48. The second-order valence-electron chi connectivity index (χ2n) is 6.03. The molecule has 19 heavy (non-hydrogen) atoms. The van der Waals surface area contributed by atoms with Gasteiger partial charge in [0.15, 0.2) is 0 Å². The SMILES string of the molecule is Cn1ncnc1NC(=O)N[C@H]1CC(C)(C)OC1(C)C. The van der Waals surface area contributed by atoms with Crippen LogP contribution in [0.4, 0.5) is 10.7 Å². The van der Waals surface area contributed by atoms with Crippen molar-refractivity contribution in [3.63, 3.8) is 0 Å². The van der Waals surface area contributed by atoms with Gasteiger partial charge in [0.2, 0.25) is 5.95 Å². The minimum atomic E-state index is -0.388. The fourth-order valence-corrected chi connectivity index (χ4v) is 2.49. The van der Waals surface area contributed by atoms with Gasteiger partial charge in [-0.1, -0.05) is 0 Å². The number of rotatable bonds is 2. The van der Waals surface area contributed by atoms with E-state index in [-0.39, 0.29) is 23.3 Å². The first kappa shape index (κ1) is 13.8. The molecule has 7 nitrogen and oxygen atoms in total. The lowest BCUT2D eigenvalue weighted by Crippen LogP contribution is -2.47. The number of amides is 2. The van der Waals surface area contributed by atoms with E-state index in [0.717, 1.165) is 6.42 Å². The third-order valence-electron chi connectivity index (χ3n) is 3.32. The lowest BCUT2D eigenvalue weighted by atomic mass is 9.95. The Bertz CT molecular complexity index is 480. The smallest absolute Gasteiger partial charge is 0.321 e. The summed E-state index contributed by atoms with van der Waals surface area (Å²) in [5.74, 6) is 0.411. The fourth-order valence-electron chi connectivity index (χ4n) is 2.49. The van der Waals surface area contributed by atoms with Crippen molar-refractivity contribution in [1.82, 2.24) is 20.1 Å². The van der Waals surface area contributed by atoms with Crippen molar-refractivity contribution in [3.8, 4) is 0 Å². The number of aryl methyl sites for hydroxylation is 1. The predicted molar refractivity (Wildman–Crippen MR) is 70.8 cm³/mol. The van der Waals surface area contributed by atoms with Gasteiger partial charge in [0.25, 0.3) is 0 Å². The number of aromatic nitrogens is 3. The summed E-state index contributed by atoms with van der Waals surface area (Å²) in [5, 5.41) is 9.49. The molecular formula is C12H21N5O2. The summed E-state index contributed by atoms with van der Waals surface area (Å²) in [7, 11) is 1.72. The molecule has 0 radical (unpaired) electrons. The van der Waals surface area contributed by atoms with E-state index in [1.807, 2.05) is 27.7 Å². The third kappa shape index (κ3) is 3.04. The molecule has 1 saturated heterocycles. The van der Waals surface area contributed by atoms with E-state index >= 15 is 0 Å². The number of hydrogen-bond donors (Lipinski definition) is 2. The van der Waals surface area contributed by atoms with Crippen molar-refractivity contribution in [2.24, 2.45) is 7.05 Å². The van der Waals surface area contributed by atoms with Crippen LogP contribution in [-0.4, -0.2) is 38.0 Å². The van der Waals surface area contributed by atoms with E-state index in [1.54, 1.807) is 7.05 Å². The van der Waals surface area contributed by atoms with Crippen LogP contribution < -0.4 is 10.6 Å². The van der Waals surface area contributed by atoms with E-state index in [0.29, 0.717) is 5.95 Å². The first-order valence-corrected chi connectivity index (χ1v) is 6.31. The normalized spacial score (nSPS) is 24.2. The maximum absolute atomic E-state index is 12.0. The molecule has 0 aliphatic carbocycles. The molecule has 0 spiro atoms. The van der Waals surface area contributed by atoms with Crippen LogP contribution in [0, 0.1) is 0 Å². The number of hydrogen-bond acceptors (Lipinski definition) is 4. The number of nitrogens with one attached hydrogen (secondary N) is 2. The maximum atomic E-state index is 12.0. The van der Waals surface area contributed by atoms with Gasteiger partial charge in [-0.15, -0.1) is 0 Å². The Labute approximate surface area is 112 Å². The molecule has 1 aromatic heterocycles. The third-order valence-corrected chi connectivity index (χ3v) is 3.32. The summed E-state index contributed by atoms with van der Waals surface area (Å²) < 4.78 is 7.43. The van der Waals surface area contributed by atoms with Gasteiger partial charge in [-0.05, 0) is 34.1 Å². The number of carbonyl (C=O) groups excluding carboxylic acids is 1. The van der Waals surface area contributed by atoms with E-state index < -0.39 is 0 Å². The Morgan fingerprint density at radius 2 is 2.16 bits per heavy atom. The zero-order chi connectivity index (χ0) is 14.3. The van der Waals surface area contributed by atoms with Gasteiger partial charge in [-0.25, -0.2) is 9.48 Å². The Morgan fingerprint density at radius 3 is 2.63 bits per heavy atom. The highest BCUT2D eigenvalue weighted by Gasteiger charge is 2.46. The summed E-state index contributed by atoms with van der Waals surface area (Å²) in [6.45, 7) is 8.01. The molecule has 7 heteroatoms. The van der Waals surface area contributed by atoms with Crippen molar-refractivity contribution in [2.45, 2.75) is 51.4 Å². The molecule has 0 saturated carbocycles. The number of urea groups is 1. The standard InChI is InChI=1S/C12H21N5O2/c1-11(2)6-8(12(3,4)19-11)15-10(18)16-9-13-7-14-17(9)5/h7-8H,6H2,1-5H3,(H2,13,14,15,16,18)/t8-/m0/s1. The number of anilines is 1. The zero-order valence-electron chi connectivity index (χ0n) is 12.0. The lowest BCUT2D eigenvalue weighted by molar-refractivity contribution is -0.0689. The van der Waals surface area contributed by atoms with Crippen LogP contribution >= 0.6 is 0 Å². The maximum Gasteiger partial charge on any atom is 0.321 e. The van der Waals surface area contributed by atoms with E-state index in [2.05, 4.69) is 20.7 Å². The molecule has 2 heterocycles. The molecule has 1 aromatic rings. The van der Waals surface area contributed by atoms with Crippen LogP contribution in [0.15, 0.2) is 6.33 Å². The van der Waals surface area contributed by atoms with Crippen LogP contribution in [0.5, 0.6) is 0 Å². The molecule has 0 aromatic carbocycles. The van der Waals surface area contributed by atoms with Gasteiger partial charge in [0.05, 0.1) is 17.2 Å². The first-order valence-electron chi connectivity index (χ1n) is 6.31. The number of nitrogens with zero attached hydrogens (tertiary/aromatic N) is 3. The number of ether oxygens (including phenoxy) is 1. The summed E-state index contributed by atoms with van der Waals surface area (Å²) in [6.07, 6.45) is 2.16. The van der Waals surface area contributed by atoms with Crippen LogP contribution in [0.2, 0.25) is 0 Å². The predicted octanol–water partition coefficient (Wildman–Crippen LogP) is 1.28. The van der Waals surface area contributed by atoms with Gasteiger partial charge < -0.3 is 10.1 Å². The van der Waals surface area contributed by atoms with E-state index in [4.69, 9.17) is 4.74 Å². The molecule has 1 atom stereocenters.